The lowest BCUT2D eigenvalue weighted by Gasteiger charge is -2.06. The molecule has 0 heterocycles. The van der Waals surface area contributed by atoms with Crippen LogP contribution >= 0.6 is 0 Å². The summed E-state index contributed by atoms with van der Waals surface area (Å²) in [5.41, 5.74) is -0.163. The number of ketones is 1. The summed E-state index contributed by atoms with van der Waals surface area (Å²) in [5, 5.41) is 0. The van der Waals surface area contributed by atoms with Crippen molar-refractivity contribution in [2.45, 2.75) is 13.8 Å². The molecular weight excluding hydrogens is 206 g/mol. The lowest BCUT2D eigenvalue weighted by atomic mass is 10.1. The summed E-state index contributed by atoms with van der Waals surface area (Å²) in [4.78, 5) is 21.7. The van der Waals surface area contributed by atoms with Crippen LogP contribution in [0.15, 0.2) is 12.1 Å². The third-order valence-electron chi connectivity index (χ3n) is 1.66. The Morgan fingerprint density at radius 2 is 1.67 bits per heavy atom. The Hall–Kier alpha value is -1.78. The van der Waals surface area contributed by atoms with Crippen LogP contribution in [0.5, 0.6) is 5.75 Å². The van der Waals surface area contributed by atoms with Crippen LogP contribution in [0.25, 0.3) is 0 Å². The highest BCUT2D eigenvalue weighted by Crippen LogP contribution is 2.23. The van der Waals surface area contributed by atoms with E-state index in [0.717, 1.165) is 6.92 Å². The van der Waals surface area contributed by atoms with Gasteiger partial charge >= 0.3 is 5.97 Å². The number of benzene rings is 1. The molecule has 5 heteroatoms. The van der Waals surface area contributed by atoms with Crippen molar-refractivity contribution < 1.29 is 23.1 Å². The molecule has 0 bridgehead atoms. The number of hydrogen-bond acceptors (Lipinski definition) is 3. The van der Waals surface area contributed by atoms with E-state index in [1.54, 1.807) is 0 Å². The van der Waals surface area contributed by atoms with Gasteiger partial charge in [0.15, 0.2) is 17.4 Å². The third kappa shape index (κ3) is 2.59. The van der Waals surface area contributed by atoms with E-state index in [1.165, 1.54) is 6.92 Å². The number of halogens is 2. The molecular formula is C10H8F2O3. The molecule has 0 fully saturated rings. The van der Waals surface area contributed by atoms with Gasteiger partial charge in [0.25, 0.3) is 0 Å². The molecule has 0 saturated carbocycles. The van der Waals surface area contributed by atoms with Crippen LogP contribution in [0.3, 0.4) is 0 Å². The first-order valence-corrected chi connectivity index (χ1v) is 4.10. The van der Waals surface area contributed by atoms with Gasteiger partial charge in [-0.3, -0.25) is 9.59 Å². The Kier molecular flexibility index (Phi) is 3.14. The molecule has 0 saturated heterocycles. The Morgan fingerprint density at radius 1 is 1.13 bits per heavy atom. The van der Waals surface area contributed by atoms with Crippen LogP contribution in [0, 0.1) is 11.6 Å². The van der Waals surface area contributed by atoms with Crippen LogP contribution in [0.2, 0.25) is 0 Å². The van der Waals surface area contributed by atoms with E-state index in [0.29, 0.717) is 12.1 Å². The zero-order valence-electron chi connectivity index (χ0n) is 8.14. The standard InChI is InChI=1S/C10H8F2O3/c1-5(13)7-3-8(11)9(12)4-10(7)15-6(2)14/h3-4H,1-2H3. The van der Waals surface area contributed by atoms with Crippen molar-refractivity contribution in [1.29, 1.82) is 0 Å². The monoisotopic (exact) mass is 214 g/mol. The number of Topliss-reactive ketones (excluding diaryl/α,β-unsaturated/α-hetero) is 1. The van der Waals surface area contributed by atoms with Crippen molar-refractivity contribution in [1.82, 2.24) is 0 Å². The fraction of sp³-hybridized carbons (Fsp3) is 0.200. The molecule has 15 heavy (non-hydrogen) atoms. The molecule has 0 unspecified atom stereocenters. The molecule has 0 aliphatic heterocycles. The summed E-state index contributed by atoms with van der Waals surface area (Å²) >= 11 is 0. The maximum atomic E-state index is 12.8. The number of carbonyl (C=O) groups is 2. The first-order chi connectivity index (χ1) is 6.91. The molecule has 0 aliphatic carbocycles. The molecule has 0 spiro atoms. The van der Waals surface area contributed by atoms with Gasteiger partial charge < -0.3 is 4.74 Å². The summed E-state index contributed by atoms with van der Waals surface area (Å²) in [6.45, 7) is 2.27. The smallest absolute Gasteiger partial charge is 0.308 e. The first-order valence-electron chi connectivity index (χ1n) is 4.10. The summed E-state index contributed by atoms with van der Waals surface area (Å²) in [6, 6.07) is 1.38. The molecule has 1 rings (SSSR count). The molecule has 3 nitrogen and oxygen atoms in total. The molecule has 1 aromatic carbocycles. The van der Waals surface area contributed by atoms with Crippen molar-refractivity contribution >= 4 is 11.8 Å². The predicted molar refractivity (Wildman–Crippen MR) is 47.7 cm³/mol. The molecule has 0 N–H and O–H groups in total. The minimum atomic E-state index is -1.17. The molecule has 0 atom stereocenters. The second kappa shape index (κ2) is 4.16. The number of ether oxygens (including phenoxy) is 1. The lowest BCUT2D eigenvalue weighted by Crippen LogP contribution is -2.07. The third-order valence-corrected chi connectivity index (χ3v) is 1.66. The summed E-state index contributed by atoms with van der Waals surface area (Å²) in [7, 11) is 0. The molecule has 0 aromatic heterocycles. The fourth-order valence-corrected chi connectivity index (χ4v) is 1.04. The Labute approximate surface area is 84.7 Å². The van der Waals surface area contributed by atoms with Crippen molar-refractivity contribution in [3.8, 4) is 5.75 Å². The van der Waals surface area contributed by atoms with Gasteiger partial charge in [-0.15, -0.1) is 0 Å². The quantitative estimate of drug-likeness (QED) is 0.430. The Balaban J connectivity index is 3.28. The van der Waals surface area contributed by atoms with Gasteiger partial charge in [0.2, 0.25) is 0 Å². The van der Waals surface area contributed by atoms with Crippen molar-refractivity contribution in [2.75, 3.05) is 0 Å². The van der Waals surface area contributed by atoms with Crippen molar-refractivity contribution in [2.24, 2.45) is 0 Å². The maximum Gasteiger partial charge on any atom is 0.308 e. The number of rotatable bonds is 2. The van der Waals surface area contributed by atoms with E-state index in [9.17, 15) is 18.4 Å². The summed E-state index contributed by atoms with van der Waals surface area (Å²) < 4.78 is 30.2. The minimum absolute atomic E-state index is 0.163. The van der Waals surface area contributed by atoms with Crippen molar-refractivity contribution in [3.63, 3.8) is 0 Å². The van der Waals surface area contributed by atoms with E-state index in [1.807, 2.05) is 0 Å². The van der Waals surface area contributed by atoms with E-state index in [4.69, 9.17) is 0 Å². The van der Waals surface area contributed by atoms with Crippen LogP contribution in [-0.2, 0) is 4.79 Å². The van der Waals surface area contributed by atoms with Gasteiger partial charge in [-0.2, -0.15) is 0 Å². The van der Waals surface area contributed by atoms with E-state index in [2.05, 4.69) is 4.74 Å². The zero-order chi connectivity index (χ0) is 11.6. The lowest BCUT2D eigenvalue weighted by molar-refractivity contribution is -0.131. The average Bonchev–Trinajstić information content (AvgIpc) is 2.09. The SMILES string of the molecule is CC(=O)Oc1cc(F)c(F)cc1C(C)=O. The predicted octanol–water partition coefficient (Wildman–Crippen LogP) is 2.09. The second-order valence-corrected chi connectivity index (χ2v) is 2.91. The van der Waals surface area contributed by atoms with Gasteiger partial charge in [0, 0.05) is 13.0 Å². The first kappa shape index (κ1) is 11.3. The van der Waals surface area contributed by atoms with Gasteiger partial charge in [-0.1, -0.05) is 0 Å². The topological polar surface area (TPSA) is 43.4 Å². The van der Waals surface area contributed by atoms with Gasteiger partial charge in [0.05, 0.1) is 5.56 Å². The molecule has 80 valence electrons. The Bertz CT molecular complexity index is 427. The van der Waals surface area contributed by atoms with E-state index in [-0.39, 0.29) is 11.3 Å². The molecule has 0 radical (unpaired) electrons. The highest BCUT2D eigenvalue weighted by molar-refractivity contribution is 5.97. The van der Waals surface area contributed by atoms with Crippen LogP contribution in [0.4, 0.5) is 8.78 Å². The van der Waals surface area contributed by atoms with Crippen LogP contribution < -0.4 is 4.74 Å². The normalized spacial score (nSPS) is 9.87. The molecule has 0 amide bonds. The summed E-state index contributed by atoms with van der Waals surface area (Å²) in [5.74, 6) is -3.81. The maximum absolute atomic E-state index is 12.8. The van der Waals surface area contributed by atoms with Gasteiger partial charge in [-0.25, -0.2) is 8.78 Å². The highest BCUT2D eigenvalue weighted by atomic mass is 19.2. The second-order valence-electron chi connectivity index (χ2n) is 2.91. The number of hydrogen-bond donors (Lipinski definition) is 0. The average molecular weight is 214 g/mol. The zero-order valence-corrected chi connectivity index (χ0v) is 8.14. The van der Waals surface area contributed by atoms with Crippen LogP contribution in [0.1, 0.15) is 24.2 Å². The van der Waals surface area contributed by atoms with E-state index < -0.39 is 23.4 Å². The van der Waals surface area contributed by atoms with Gasteiger partial charge in [0.1, 0.15) is 5.75 Å². The molecule has 1 aromatic rings. The highest BCUT2D eigenvalue weighted by Gasteiger charge is 2.15. The number of carbonyl (C=O) groups excluding carboxylic acids is 2. The summed E-state index contributed by atoms with van der Waals surface area (Å²) in [6.07, 6.45) is 0. The number of esters is 1. The van der Waals surface area contributed by atoms with Crippen molar-refractivity contribution in [3.05, 3.63) is 29.3 Å². The fourth-order valence-electron chi connectivity index (χ4n) is 1.04. The Morgan fingerprint density at radius 3 is 2.13 bits per heavy atom. The van der Waals surface area contributed by atoms with E-state index >= 15 is 0 Å². The largest absolute Gasteiger partial charge is 0.426 e. The van der Waals surface area contributed by atoms with Gasteiger partial charge in [-0.05, 0) is 13.0 Å². The minimum Gasteiger partial charge on any atom is -0.426 e. The van der Waals surface area contributed by atoms with Crippen LogP contribution in [-0.4, -0.2) is 11.8 Å². The molecule has 0 aliphatic rings.